The molecular weight excluding hydrogens is 302 g/mol. The van der Waals surface area contributed by atoms with Gasteiger partial charge in [0.25, 0.3) is 0 Å². The van der Waals surface area contributed by atoms with Gasteiger partial charge in [0.05, 0.1) is 16.6 Å². The van der Waals surface area contributed by atoms with Gasteiger partial charge in [-0.25, -0.2) is 4.98 Å². The lowest BCUT2D eigenvalue weighted by molar-refractivity contribution is 0.103. The highest BCUT2D eigenvalue weighted by atomic mass is 79.9. The van der Waals surface area contributed by atoms with E-state index in [9.17, 15) is 0 Å². The van der Waals surface area contributed by atoms with Gasteiger partial charge in [-0.1, -0.05) is 11.3 Å². The molecule has 0 aromatic carbocycles. The number of anilines is 1. The van der Waals surface area contributed by atoms with Crippen LogP contribution in [0.1, 0.15) is 13.8 Å². The van der Waals surface area contributed by atoms with Gasteiger partial charge in [-0.15, -0.1) is 0 Å². The molecule has 17 heavy (non-hydrogen) atoms. The first kappa shape index (κ1) is 13.3. The predicted octanol–water partition coefficient (Wildman–Crippen LogP) is 1.80. The summed E-state index contributed by atoms with van der Waals surface area (Å²) >= 11 is 5.13. The Morgan fingerprint density at radius 1 is 1.47 bits per heavy atom. The fourth-order valence-electron chi connectivity index (χ4n) is 2.46. The molecule has 6 heteroatoms. The van der Waals surface area contributed by atoms with Crippen molar-refractivity contribution in [2.75, 3.05) is 31.1 Å². The van der Waals surface area contributed by atoms with Crippen LogP contribution < -0.4 is 4.90 Å². The van der Waals surface area contributed by atoms with E-state index in [-0.39, 0.29) is 6.61 Å². The van der Waals surface area contributed by atoms with Crippen LogP contribution in [0.15, 0.2) is 9.98 Å². The largest absolute Gasteiger partial charge is 0.395 e. The highest BCUT2D eigenvalue weighted by molar-refractivity contribution is 9.11. The molecule has 0 amide bonds. The Kier molecular flexibility index (Phi) is 4.41. The summed E-state index contributed by atoms with van der Waals surface area (Å²) in [5, 5.41) is 10.2. The van der Waals surface area contributed by atoms with Gasteiger partial charge in [0.15, 0.2) is 5.13 Å². The maximum Gasteiger partial charge on any atom is 0.186 e. The quantitative estimate of drug-likeness (QED) is 0.922. The van der Waals surface area contributed by atoms with Gasteiger partial charge < -0.3 is 10.0 Å². The van der Waals surface area contributed by atoms with Gasteiger partial charge in [-0.3, -0.25) is 4.90 Å². The number of aliphatic hydroxyl groups excluding tert-OH is 1. The van der Waals surface area contributed by atoms with Crippen molar-refractivity contribution in [3.8, 4) is 0 Å². The number of thiazole rings is 1. The fourth-order valence-corrected chi connectivity index (χ4v) is 3.66. The van der Waals surface area contributed by atoms with Crippen LogP contribution in [0.3, 0.4) is 0 Å². The Morgan fingerprint density at radius 2 is 2.12 bits per heavy atom. The van der Waals surface area contributed by atoms with Crippen LogP contribution in [-0.2, 0) is 0 Å². The van der Waals surface area contributed by atoms with E-state index in [1.807, 2.05) is 6.20 Å². The first-order chi connectivity index (χ1) is 8.11. The lowest BCUT2D eigenvalue weighted by Gasteiger charge is -2.44. The third-order valence-electron chi connectivity index (χ3n) is 3.20. The second-order valence-electron chi connectivity index (χ2n) is 4.51. The summed E-state index contributed by atoms with van der Waals surface area (Å²) in [6, 6.07) is 0.905. The lowest BCUT2D eigenvalue weighted by atomic mass is 10.1. The molecule has 1 N–H and O–H groups in total. The normalized spacial score (nSPS) is 26.5. The molecule has 2 rings (SSSR count). The molecule has 0 spiro atoms. The van der Waals surface area contributed by atoms with E-state index < -0.39 is 0 Å². The number of aliphatic hydroxyl groups is 1. The number of β-amino-alcohol motifs (C(OH)–C–C–N with tert-alkyl or cyclic N) is 1. The van der Waals surface area contributed by atoms with Crippen molar-refractivity contribution in [3.63, 3.8) is 0 Å². The highest BCUT2D eigenvalue weighted by Gasteiger charge is 2.29. The van der Waals surface area contributed by atoms with E-state index in [2.05, 4.69) is 44.6 Å². The summed E-state index contributed by atoms with van der Waals surface area (Å²) in [6.45, 7) is 7.37. The van der Waals surface area contributed by atoms with Crippen molar-refractivity contribution in [2.24, 2.45) is 0 Å². The van der Waals surface area contributed by atoms with Crippen molar-refractivity contribution < 1.29 is 5.11 Å². The van der Waals surface area contributed by atoms with Crippen LogP contribution >= 0.6 is 27.3 Å². The molecule has 1 aromatic heterocycles. The number of halogens is 1. The van der Waals surface area contributed by atoms with E-state index in [1.165, 1.54) is 0 Å². The van der Waals surface area contributed by atoms with E-state index in [1.54, 1.807) is 11.3 Å². The topological polar surface area (TPSA) is 39.6 Å². The summed E-state index contributed by atoms with van der Waals surface area (Å²) in [5.41, 5.74) is 0. The molecular formula is C11H18BrN3OS. The smallest absolute Gasteiger partial charge is 0.186 e. The van der Waals surface area contributed by atoms with Gasteiger partial charge in [0, 0.05) is 31.7 Å². The molecule has 4 nitrogen and oxygen atoms in total. The number of hydrogen-bond acceptors (Lipinski definition) is 5. The van der Waals surface area contributed by atoms with Crippen molar-refractivity contribution in [1.29, 1.82) is 0 Å². The molecule has 1 aliphatic heterocycles. The van der Waals surface area contributed by atoms with Gasteiger partial charge in [-0.2, -0.15) is 0 Å². The van der Waals surface area contributed by atoms with Crippen molar-refractivity contribution in [3.05, 3.63) is 9.98 Å². The van der Waals surface area contributed by atoms with Crippen molar-refractivity contribution in [2.45, 2.75) is 25.9 Å². The van der Waals surface area contributed by atoms with Gasteiger partial charge in [0.2, 0.25) is 0 Å². The molecule has 0 radical (unpaired) electrons. The Bertz CT molecular complexity index is 361. The molecule has 2 heterocycles. The van der Waals surface area contributed by atoms with E-state index in [4.69, 9.17) is 5.11 Å². The van der Waals surface area contributed by atoms with Crippen LogP contribution in [0.2, 0.25) is 0 Å². The monoisotopic (exact) mass is 319 g/mol. The zero-order valence-corrected chi connectivity index (χ0v) is 12.5. The number of hydrogen-bond donors (Lipinski definition) is 1. The van der Waals surface area contributed by atoms with E-state index in [0.717, 1.165) is 28.6 Å². The zero-order valence-electron chi connectivity index (χ0n) is 10.1. The summed E-state index contributed by atoms with van der Waals surface area (Å²) in [4.78, 5) is 9.10. The standard InChI is InChI=1S/C11H18BrN3OS/c1-8-6-14(11-13-5-10(12)17-11)7-9(2)15(8)3-4-16/h5,8-9,16H,3-4,6-7H2,1-2H3/t8-,9+. The molecule has 0 unspecified atom stereocenters. The zero-order chi connectivity index (χ0) is 12.4. The van der Waals surface area contributed by atoms with E-state index in [0.29, 0.717) is 12.1 Å². The number of nitrogens with zero attached hydrogens (tertiary/aromatic N) is 3. The molecule has 96 valence electrons. The Hall–Kier alpha value is -0.170. The van der Waals surface area contributed by atoms with E-state index >= 15 is 0 Å². The van der Waals surface area contributed by atoms with Crippen LogP contribution in [0.25, 0.3) is 0 Å². The maximum atomic E-state index is 9.07. The molecule has 1 aliphatic rings. The van der Waals surface area contributed by atoms with Gasteiger partial charge >= 0.3 is 0 Å². The number of aromatic nitrogens is 1. The molecule has 1 saturated heterocycles. The highest BCUT2D eigenvalue weighted by Crippen LogP contribution is 2.29. The Balaban J connectivity index is 2.05. The summed E-state index contributed by atoms with van der Waals surface area (Å²) < 4.78 is 1.07. The van der Waals surface area contributed by atoms with Crippen LogP contribution in [-0.4, -0.2) is 53.3 Å². The molecule has 0 bridgehead atoms. The third kappa shape index (κ3) is 2.99. The minimum absolute atomic E-state index is 0.234. The second kappa shape index (κ2) is 5.65. The predicted molar refractivity (Wildman–Crippen MR) is 74.7 cm³/mol. The van der Waals surface area contributed by atoms with Crippen LogP contribution in [0.5, 0.6) is 0 Å². The molecule has 1 fully saturated rings. The maximum absolute atomic E-state index is 9.07. The molecule has 0 aliphatic carbocycles. The fraction of sp³-hybridized carbons (Fsp3) is 0.727. The van der Waals surface area contributed by atoms with Crippen LogP contribution in [0, 0.1) is 0 Å². The number of piperazine rings is 1. The van der Waals surface area contributed by atoms with Crippen molar-refractivity contribution >= 4 is 32.4 Å². The third-order valence-corrected chi connectivity index (χ3v) is 4.73. The molecule has 0 saturated carbocycles. The molecule has 2 atom stereocenters. The lowest BCUT2D eigenvalue weighted by Crippen LogP contribution is -2.57. The first-order valence-corrected chi connectivity index (χ1v) is 7.45. The first-order valence-electron chi connectivity index (χ1n) is 5.84. The minimum atomic E-state index is 0.234. The van der Waals surface area contributed by atoms with Gasteiger partial charge in [-0.05, 0) is 29.8 Å². The van der Waals surface area contributed by atoms with Gasteiger partial charge in [0.1, 0.15) is 0 Å². The molecule has 1 aromatic rings. The second-order valence-corrected chi connectivity index (χ2v) is 6.90. The van der Waals surface area contributed by atoms with Crippen LogP contribution in [0.4, 0.5) is 5.13 Å². The summed E-state index contributed by atoms with van der Waals surface area (Å²) in [6.07, 6.45) is 1.86. The van der Waals surface area contributed by atoms with Crippen molar-refractivity contribution in [1.82, 2.24) is 9.88 Å². The SMILES string of the molecule is C[C@@H]1CN(c2ncc(Br)s2)C[C@H](C)N1CCO. The minimum Gasteiger partial charge on any atom is -0.395 e. The average Bonchev–Trinajstić information content (AvgIpc) is 2.70. The Labute approximate surface area is 114 Å². The summed E-state index contributed by atoms with van der Waals surface area (Å²) in [5.74, 6) is 0. The summed E-state index contributed by atoms with van der Waals surface area (Å²) in [7, 11) is 0. The average molecular weight is 320 g/mol. The Morgan fingerprint density at radius 3 is 2.59 bits per heavy atom. The number of rotatable bonds is 3.